The Bertz CT molecular complexity index is 480. The summed E-state index contributed by atoms with van der Waals surface area (Å²) in [6.07, 6.45) is 5.60. The van der Waals surface area contributed by atoms with Gasteiger partial charge in [0.2, 0.25) is 0 Å². The van der Waals surface area contributed by atoms with Gasteiger partial charge in [0, 0.05) is 18.4 Å². The summed E-state index contributed by atoms with van der Waals surface area (Å²) in [5.74, 6) is -0.194. The third-order valence-electron chi connectivity index (χ3n) is 2.74. The Hall–Kier alpha value is -2.10. The van der Waals surface area contributed by atoms with Gasteiger partial charge in [-0.2, -0.15) is 0 Å². The van der Waals surface area contributed by atoms with Crippen LogP contribution in [0, 0.1) is 0 Å². The Morgan fingerprint density at radius 2 is 2.17 bits per heavy atom. The number of aromatic nitrogens is 2. The maximum atomic E-state index is 11.7. The van der Waals surface area contributed by atoms with Gasteiger partial charge < -0.3 is 9.30 Å². The third kappa shape index (κ3) is 3.45. The maximum Gasteiger partial charge on any atom is 0.308 e. The average molecular weight is 244 g/mol. The number of hydrogen-bond donors (Lipinski definition) is 0. The first-order valence-corrected chi connectivity index (χ1v) is 5.92. The van der Waals surface area contributed by atoms with Gasteiger partial charge in [-0.05, 0) is 12.5 Å². The van der Waals surface area contributed by atoms with Crippen LogP contribution in [0.3, 0.4) is 0 Å². The molecule has 1 atom stereocenters. The molecule has 4 heteroatoms. The molecule has 0 bridgehead atoms. The van der Waals surface area contributed by atoms with Gasteiger partial charge in [0.25, 0.3) is 0 Å². The van der Waals surface area contributed by atoms with E-state index < -0.39 is 0 Å². The number of rotatable bonds is 5. The standard InChI is InChI=1S/C14H16N2O2/c1-12(16-8-7-15-11-16)9-14(17)18-10-13-5-3-2-4-6-13/h2-8,11-12H,9-10H2,1H3. The van der Waals surface area contributed by atoms with E-state index in [4.69, 9.17) is 4.74 Å². The topological polar surface area (TPSA) is 44.1 Å². The molecule has 0 amide bonds. The highest BCUT2D eigenvalue weighted by atomic mass is 16.5. The molecule has 0 aliphatic carbocycles. The van der Waals surface area contributed by atoms with Crippen molar-refractivity contribution in [3.63, 3.8) is 0 Å². The summed E-state index contributed by atoms with van der Waals surface area (Å²) in [6.45, 7) is 2.29. The number of nitrogens with zero attached hydrogens (tertiary/aromatic N) is 2. The first kappa shape index (κ1) is 12.4. The quantitative estimate of drug-likeness (QED) is 0.759. The van der Waals surface area contributed by atoms with Crippen LogP contribution in [0.4, 0.5) is 0 Å². The smallest absolute Gasteiger partial charge is 0.308 e. The molecule has 18 heavy (non-hydrogen) atoms. The van der Waals surface area contributed by atoms with Crippen molar-refractivity contribution in [2.45, 2.75) is 26.0 Å². The van der Waals surface area contributed by atoms with Crippen LogP contribution in [0.25, 0.3) is 0 Å². The zero-order valence-electron chi connectivity index (χ0n) is 10.3. The zero-order valence-corrected chi connectivity index (χ0v) is 10.3. The molecule has 0 fully saturated rings. The number of carbonyl (C=O) groups excluding carboxylic acids is 1. The van der Waals surface area contributed by atoms with E-state index in [0.717, 1.165) is 5.56 Å². The molecule has 0 saturated heterocycles. The number of hydrogen-bond acceptors (Lipinski definition) is 3. The molecule has 4 nitrogen and oxygen atoms in total. The Morgan fingerprint density at radius 1 is 1.39 bits per heavy atom. The van der Waals surface area contributed by atoms with Crippen LogP contribution in [-0.2, 0) is 16.1 Å². The van der Waals surface area contributed by atoms with E-state index in [0.29, 0.717) is 13.0 Å². The van der Waals surface area contributed by atoms with Gasteiger partial charge in [-0.25, -0.2) is 4.98 Å². The summed E-state index contributed by atoms with van der Waals surface area (Å²) in [4.78, 5) is 15.6. The number of benzene rings is 1. The monoisotopic (exact) mass is 244 g/mol. The van der Waals surface area contributed by atoms with Crippen LogP contribution < -0.4 is 0 Å². The Morgan fingerprint density at radius 3 is 2.83 bits per heavy atom. The van der Waals surface area contributed by atoms with Crippen molar-refractivity contribution in [1.82, 2.24) is 9.55 Å². The molecule has 1 aromatic carbocycles. The van der Waals surface area contributed by atoms with Crippen molar-refractivity contribution in [1.29, 1.82) is 0 Å². The summed E-state index contributed by atoms with van der Waals surface area (Å²) >= 11 is 0. The molecule has 1 unspecified atom stereocenters. The van der Waals surface area contributed by atoms with Crippen LogP contribution in [-0.4, -0.2) is 15.5 Å². The molecule has 94 valence electrons. The van der Waals surface area contributed by atoms with E-state index in [-0.39, 0.29) is 12.0 Å². The Labute approximate surface area is 106 Å². The molecule has 2 aromatic rings. The zero-order chi connectivity index (χ0) is 12.8. The molecular formula is C14H16N2O2. The lowest BCUT2D eigenvalue weighted by molar-refractivity contribution is -0.145. The number of esters is 1. The van der Waals surface area contributed by atoms with Gasteiger partial charge in [-0.1, -0.05) is 30.3 Å². The van der Waals surface area contributed by atoms with E-state index in [2.05, 4.69) is 4.98 Å². The number of carbonyl (C=O) groups is 1. The minimum Gasteiger partial charge on any atom is -0.461 e. The normalized spacial score (nSPS) is 12.1. The van der Waals surface area contributed by atoms with Gasteiger partial charge in [0.1, 0.15) is 6.61 Å². The maximum absolute atomic E-state index is 11.7. The molecule has 0 aliphatic rings. The highest BCUT2D eigenvalue weighted by molar-refractivity contribution is 5.69. The lowest BCUT2D eigenvalue weighted by atomic mass is 10.2. The van der Waals surface area contributed by atoms with Gasteiger partial charge in [-0.3, -0.25) is 4.79 Å². The fourth-order valence-electron chi connectivity index (χ4n) is 1.67. The van der Waals surface area contributed by atoms with Crippen molar-refractivity contribution >= 4 is 5.97 Å². The highest BCUT2D eigenvalue weighted by Gasteiger charge is 2.11. The van der Waals surface area contributed by atoms with Crippen LogP contribution in [0.1, 0.15) is 24.9 Å². The molecule has 0 radical (unpaired) electrons. The molecule has 0 aliphatic heterocycles. The largest absolute Gasteiger partial charge is 0.461 e. The summed E-state index contributed by atoms with van der Waals surface area (Å²) < 4.78 is 7.12. The number of imidazole rings is 1. The van der Waals surface area contributed by atoms with E-state index in [1.54, 1.807) is 12.5 Å². The van der Waals surface area contributed by atoms with Crippen LogP contribution in [0.5, 0.6) is 0 Å². The Kier molecular flexibility index (Phi) is 4.12. The molecule has 1 heterocycles. The second kappa shape index (κ2) is 6.00. The molecule has 0 saturated carbocycles. The van der Waals surface area contributed by atoms with Gasteiger partial charge in [0.15, 0.2) is 0 Å². The second-order valence-corrected chi connectivity index (χ2v) is 4.21. The van der Waals surface area contributed by atoms with E-state index >= 15 is 0 Å². The lowest BCUT2D eigenvalue weighted by Gasteiger charge is -2.12. The first-order chi connectivity index (χ1) is 8.75. The summed E-state index contributed by atoms with van der Waals surface area (Å²) in [6, 6.07) is 9.73. The van der Waals surface area contributed by atoms with E-state index in [1.165, 1.54) is 0 Å². The Balaban J connectivity index is 1.79. The minimum absolute atomic E-state index is 0.0655. The van der Waals surface area contributed by atoms with Crippen molar-refractivity contribution in [2.24, 2.45) is 0 Å². The fraction of sp³-hybridized carbons (Fsp3) is 0.286. The predicted octanol–water partition coefficient (Wildman–Crippen LogP) is 2.58. The fourth-order valence-corrected chi connectivity index (χ4v) is 1.67. The second-order valence-electron chi connectivity index (χ2n) is 4.21. The van der Waals surface area contributed by atoms with Gasteiger partial charge in [-0.15, -0.1) is 0 Å². The van der Waals surface area contributed by atoms with Crippen LogP contribution in [0.2, 0.25) is 0 Å². The predicted molar refractivity (Wildman–Crippen MR) is 67.8 cm³/mol. The van der Waals surface area contributed by atoms with Crippen LogP contribution >= 0.6 is 0 Å². The molecule has 0 spiro atoms. The van der Waals surface area contributed by atoms with Gasteiger partial charge >= 0.3 is 5.97 Å². The average Bonchev–Trinajstić information content (AvgIpc) is 2.91. The van der Waals surface area contributed by atoms with Crippen molar-refractivity contribution in [2.75, 3.05) is 0 Å². The number of ether oxygens (including phenoxy) is 1. The molecule has 0 N–H and O–H groups in total. The molecule has 2 rings (SSSR count). The van der Waals surface area contributed by atoms with E-state index in [1.807, 2.05) is 48.0 Å². The third-order valence-corrected chi connectivity index (χ3v) is 2.74. The van der Waals surface area contributed by atoms with Crippen molar-refractivity contribution in [3.8, 4) is 0 Å². The van der Waals surface area contributed by atoms with Crippen LogP contribution in [0.15, 0.2) is 49.1 Å². The highest BCUT2D eigenvalue weighted by Crippen LogP contribution is 2.11. The van der Waals surface area contributed by atoms with Gasteiger partial charge in [0.05, 0.1) is 12.7 Å². The minimum atomic E-state index is -0.194. The molecule has 1 aromatic heterocycles. The van der Waals surface area contributed by atoms with E-state index in [9.17, 15) is 4.79 Å². The summed E-state index contributed by atoms with van der Waals surface area (Å²) in [7, 11) is 0. The first-order valence-electron chi connectivity index (χ1n) is 5.92. The summed E-state index contributed by atoms with van der Waals surface area (Å²) in [5.41, 5.74) is 1.00. The van der Waals surface area contributed by atoms with Crippen molar-refractivity contribution in [3.05, 3.63) is 54.6 Å². The lowest BCUT2D eigenvalue weighted by Crippen LogP contribution is -2.12. The molecular weight excluding hydrogens is 228 g/mol. The SMILES string of the molecule is CC(CC(=O)OCc1ccccc1)n1ccnc1. The summed E-state index contributed by atoms with van der Waals surface area (Å²) in [5, 5.41) is 0. The van der Waals surface area contributed by atoms with Crippen molar-refractivity contribution < 1.29 is 9.53 Å².